The van der Waals surface area contributed by atoms with Gasteiger partial charge in [-0.2, -0.15) is 18.4 Å². The van der Waals surface area contributed by atoms with Crippen LogP contribution in [0.2, 0.25) is 0 Å². The molecule has 1 aliphatic heterocycles. The van der Waals surface area contributed by atoms with Gasteiger partial charge in [-0.3, -0.25) is 14.6 Å². The average Bonchev–Trinajstić information content (AvgIpc) is 3.52. The van der Waals surface area contributed by atoms with E-state index in [1.165, 1.54) is 24.7 Å². The lowest BCUT2D eigenvalue weighted by Crippen LogP contribution is -2.47. The van der Waals surface area contributed by atoms with Gasteiger partial charge in [0, 0.05) is 24.2 Å². The topological polar surface area (TPSA) is 133 Å². The number of nitrogens with one attached hydrogen (secondary N) is 2. The molecular weight excluding hydrogens is 443 g/mol. The van der Waals surface area contributed by atoms with Crippen molar-refractivity contribution < 1.29 is 27.5 Å². The number of nitrogens with zero attached hydrogens (tertiary/aromatic N) is 5. The van der Waals surface area contributed by atoms with Gasteiger partial charge in [0.25, 0.3) is 0 Å². The van der Waals surface area contributed by atoms with Crippen molar-refractivity contribution in [2.24, 2.45) is 5.92 Å². The zero-order chi connectivity index (χ0) is 23.6. The monoisotopic (exact) mass is 461 g/mol. The molecular formula is C20H18F3N7O3. The van der Waals surface area contributed by atoms with Crippen LogP contribution in [0.5, 0.6) is 0 Å². The van der Waals surface area contributed by atoms with Crippen LogP contribution in [0.15, 0.2) is 24.7 Å². The van der Waals surface area contributed by atoms with Crippen molar-refractivity contribution in [1.82, 2.24) is 19.9 Å². The number of halogens is 3. The van der Waals surface area contributed by atoms with Crippen LogP contribution >= 0.6 is 0 Å². The van der Waals surface area contributed by atoms with Crippen LogP contribution in [0, 0.1) is 17.2 Å². The van der Waals surface area contributed by atoms with Crippen molar-refractivity contribution in [3.8, 4) is 17.3 Å². The van der Waals surface area contributed by atoms with E-state index in [1.54, 1.807) is 0 Å². The molecule has 0 unspecified atom stereocenters. The van der Waals surface area contributed by atoms with E-state index in [1.807, 2.05) is 6.07 Å². The summed E-state index contributed by atoms with van der Waals surface area (Å²) in [6.45, 7) is -0.896. The number of rotatable bonds is 6. The molecule has 0 aromatic carbocycles. The molecule has 1 aliphatic carbocycles. The van der Waals surface area contributed by atoms with Crippen molar-refractivity contribution >= 4 is 23.3 Å². The molecule has 0 spiro atoms. The number of aromatic nitrogens is 3. The zero-order valence-corrected chi connectivity index (χ0v) is 17.1. The standard InChI is InChI=1S/C20H18F3N7O3/c21-20(22,23)19-30(3-4-33-19)17(31)10-27-13-5-12(7-25-14(13)6-24)15-8-28-16(9-26-15)29-18(32)11-1-2-11/h5,7-9,11,19,27H,1-4,10H2,(H,28,29,32)/t19-/m1/s1. The molecule has 0 bridgehead atoms. The van der Waals surface area contributed by atoms with Crippen LogP contribution < -0.4 is 10.6 Å². The summed E-state index contributed by atoms with van der Waals surface area (Å²) in [5.74, 6) is -0.624. The number of nitriles is 1. The molecule has 1 saturated heterocycles. The number of carbonyl (C=O) groups is 2. The predicted molar refractivity (Wildman–Crippen MR) is 107 cm³/mol. The van der Waals surface area contributed by atoms with Gasteiger partial charge in [0.15, 0.2) is 11.5 Å². The first-order valence-electron chi connectivity index (χ1n) is 10.0. The van der Waals surface area contributed by atoms with Crippen LogP contribution in [0.1, 0.15) is 18.5 Å². The quantitative estimate of drug-likeness (QED) is 0.667. The van der Waals surface area contributed by atoms with Gasteiger partial charge in [0.05, 0.1) is 36.9 Å². The molecule has 33 heavy (non-hydrogen) atoms. The maximum absolute atomic E-state index is 13.0. The lowest BCUT2D eigenvalue weighted by molar-refractivity contribution is -0.238. The minimum Gasteiger partial charge on any atom is -0.374 e. The Labute approximate surface area is 185 Å². The van der Waals surface area contributed by atoms with Crippen molar-refractivity contribution in [3.05, 3.63) is 30.4 Å². The Bertz CT molecular complexity index is 1100. The molecule has 2 aliphatic rings. The van der Waals surface area contributed by atoms with E-state index in [9.17, 15) is 28.0 Å². The Kier molecular flexibility index (Phi) is 6.10. The fourth-order valence-corrected chi connectivity index (χ4v) is 3.21. The van der Waals surface area contributed by atoms with E-state index in [2.05, 4.69) is 30.3 Å². The van der Waals surface area contributed by atoms with Crippen LogP contribution in [0.3, 0.4) is 0 Å². The largest absolute Gasteiger partial charge is 0.433 e. The molecule has 2 amide bonds. The van der Waals surface area contributed by atoms with Crippen LogP contribution in [0.25, 0.3) is 11.3 Å². The Balaban J connectivity index is 1.45. The van der Waals surface area contributed by atoms with Crippen molar-refractivity contribution in [3.63, 3.8) is 0 Å². The number of hydrogen-bond donors (Lipinski definition) is 2. The third kappa shape index (κ3) is 5.17. The van der Waals surface area contributed by atoms with Crippen molar-refractivity contribution in [2.75, 3.05) is 30.3 Å². The highest BCUT2D eigenvalue weighted by atomic mass is 19.4. The predicted octanol–water partition coefficient (Wildman–Crippen LogP) is 1.92. The second-order valence-corrected chi connectivity index (χ2v) is 7.49. The first-order chi connectivity index (χ1) is 15.8. The lowest BCUT2D eigenvalue weighted by atomic mass is 10.1. The number of hydrogen-bond acceptors (Lipinski definition) is 8. The van der Waals surface area contributed by atoms with Gasteiger partial charge in [-0.25, -0.2) is 9.97 Å². The fraction of sp³-hybridized carbons (Fsp3) is 0.400. The second kappa shape index (κ2) is 8.99. The number of anilines is 2. The number of ether oxygens (including phenoxy) is 1. The fourth-order valence-electron chi connectivity index (χ4n) is 3.21. The number of alkyl halides is 3. The van der Waals surface area contributed by atoms with Crippen LogP contribution in [-0.4, -0.2) is 63.8 Å². The minimum absolute atomic E-state index is 0.0177. The first-order valence-corrected chi connectivity index (χ1v) is 10.0. The van der Waals surface area contributed by atoms with E-state index < -0.39 is 24.9 Å². The summed E-state index contributed by atoms with van der Waals surface area (Å²) in [7, 11) is 0. The maximum Gasteiger partial charge on any atom is 0.433 e. The van der Waals surface area contributed by atoms with E-state index in [0.717, 1.165) is 12.8 Å². The van der Waals surface area contributed by atoms with Gasteiger partial charge in [0.2, 0.25) is 18.0 Å². The summed E-state index contributed by atoms with van der Waals surface area (Å²) in [4.78, 5) is 37.1. The van der Waals surface area contributed by atoms with Crippen LogP contribution in [0.4, 0.5) is 24.7 Å². The lowest BCUT2D eigenvalue weighted by Gasteiger charge is -2.25. The highest BCUT2D eigenvalue weighted by Crippen LogP contribution is 2.30. The zero-order valence-electron chi connectivity index (χ0n) is 17.1. The number of pyridine rings is 1. The molecule has 1 atom stereocenters. The van der Waals surface area contributed by atoms with Gasteiger partial charge in [-0.05, 0) is 18.9 Å². The summed E-state index contributed by atoms with van der Waals surface area (Å²) < 4.78 is 43.6. The third-order valence-electron chi connectivity index (χ3n) is 5.06. The molecule has 1 saturated carbocycles. The van der Waals surface area contributed by atoms with Crippen molar-refractivity contribution in [1.29, 1.82) is 5.26 Å². The average molecular weight is 461 g/mol. The highest BCUT2D eigenvalue weighted by Gasteiger charge is 2.49. The highest BCUT2D eigenvalue weighted by molar-refractivity contribution is 5.93. The Morgan fingerprint density at radius 3 is 2.64 bits per heavy atom. The SMILES string of the molecule is N#Cc1ncc(-c2cnc(NC(=O)C3CC3)cn2)cc1NCC(=O)N1CCO[C@@H]1C(F)(F)F. The Morgan fingerprint density at radius 2 is 2.00 bits per heavy atom. The Hall–Kier alpha value is -3.79. The summed E-state index contributed by atoms with van der Waals surface area (Å²) in [6, 6.07) is 3.35. The third-order valence-corrected chi connectivity index (χ3v) is 5.06. The van der Waals surface area contributed by atoms with Gasteiger partial charge in [-0.15, -0.1) is 0 Å². The number of carbonyl (C=O) groups excluding carboxylic acids is 2. The molecule has 3 heterocycles. The smallest absolute Gasteiger partial charge is 0.374 e. The van der Waals surface area contributed by atoms with Gasteiger partial charge in [-0.1, -0.05) is 0 Å². The van der Waals surface area contributed by atoms with E-state index in [0.29, 0.717) is 22.0 Å². The van der Waals surface area contributed by atoms with Gasteiger partial charge in [0.1, 0.15) is 6.07 Å². The minimum atomic E-state index is -4.70. The van der Waals surface area contributed by atoms with E-state index in [-0.39, 0.29) is 36.4 Å². The van der Waals surface area contributed by atoms with E-state index in [4.69, 9.17) is 0 Å². The molecule has 4 rings (SSSR count). The number of amides is 2. The van der Waals surface area contributed by atoms with Gasteiger partial charge < -0.3 is 20.3 Å². The van der Waals surface area contributed by atoms with Crippen molar-refractivity contribution in [2.45, 2.75) is 25.2 Å². The van der Waals surface area contributed by atoms with Gasteiger partial charge >= 0.3 is 6.18 Å². The molecule has 2 fully saturated rings. The summed E-state index contributed by atoms with van der Waals surface area (Å²) in [5.41, 5.74) is 0.947. The Morgan fingerprint density at radius 1 is 1.21 bits per heavy atom. The maximum atomic E-state index is 13.0. The summed E-state index contributed by atoms with van der Waals surface area (Å²) in [5, 5.41) is 14.6. The molecule has 0 radical (unpaired) electrons. The molecule has 2 aromatic rings. The second-order valence-electron chi connectivity index (χ2n) is 7.49. The molecule has 172 valence electrons. The summed E-state index contributed by atoms with van der Waals surface area (Å²) >= 11 is 0. The summed E-state index contributed by atoms with van der Waals surface area (Å²) in [6.07, 6.45) is -1.10. The normalized spacial score (nSPS) is 18.0. The van der Waals surface area contributed by atoms with E-state index >= 15 is 0 Å². The molecule has 2 aromatic heterocycles. The first kappa shape index (κ1) is 22.4. The molecule has 10 nitrogen and oxygen atoms in total. The molecule has 2 N–H and O–H groups in total. The van der Waals surface area contributed by atoms with Crippen LogP contribution in [-0.2, 0) is 14.3 Å². The molecule has 13 heteroatoms.